The molecule has 3 rings (SSSR count). The molecule has 1 saturated carbocycles. The van der Waals surface area contributed by atoms with E-state index in [0.717, 1.165) is 12.0 Å². The molecule has 1 fully saturated rings. The molecule has 0 aromatic carbocycles. The minimum Gasteiger partial charge on any atom is -0.348 e. The van der Waals surface area contributed by atoms with Crippen LogP contribution in [0.15, 0.2) is 12.3 Å². The van der Waals surface area contributed by atoms with Crippen molar-refractivity contribution in [2.45, 2.75) is 51.1 Å². The van der Waals surface area contributed by atoms with Gasteiger partial charge < -0.3 is 10.3 Å². The van der Waals surface area contributed by atoms with Crippen molar-refractivity contribution >= 4 is 0 Å². The summed E-state index contributed by atoms with van der Waals surface area (Å²) in [6.45, 7) is 2.30. The standard InChI is InChI=1S/C13H20N2/c1-2-9-8-13(9)15-7-6-10-11(14)4-3-5-12(10)15/h6-7,9,11,13H,2-5,8,14H2,1H3. The molecule has 15 heavy (non-hydrogen) atoms. The lowest BCUT2D eigenvalue weighted by Crippen LogP contribution is -2.18. The van der Waals surface area contributed by atoms with Crippen LogP contribution < -0.4 is 5.73 Å². The Labute approximate surface area is 91.5 Å². The first-order valence-corrected chi connectivity index (χ1v) is 6.26. The first-order chi connectivity index (χ1) is 7.31. The summed E-state index contributed by atoms with van der Waals surface area (Å²) >= 11 is 0. The van der Waals surface area contributed by atoms with Crippen LogP contribution in [0.5, 0.6) is 0 Å². The number of fused-ring (bicyclic) bond motifs is 1. The summed E-state index contributed by atoms with van der Waals surface area (Å²) in [6, 6.07) is 3.35. The molecule has 1 aromatic rings. The van der Waals surface area contributed by atoms with E-state index in [4.69, 9.17) is 5.73 Å². The van der Waals surface area contributed by atoms with Crippen LogP contribution in [0, 0.1) is 5.92 Å². The normalized spacial score (nSPS) is 33.9. The lowest BCUT2D eigenvalue weighted by atomic mass is 9.93. The van der Waals surface area contributed by atoms with Gasteiger partial charge in [0.15, 0.2) is 0 Å². The van der Waals surface area contributed by atoms with Crippen LogP contribution in [0.25, 0.3) is 0 Å². The quantitative estimate of drug-likeness (QED) is 0.789. The molecule has 2 nitrogen and oxygen atoms in total. The Balaban J connectivity index is 1.91. The summed E-state index contributed by atoms with van der Waals surface area (Å²) in [7, 11) is 0. The maximum Gasteiger partial charge on any atom is 0.0365 e. The maximum atomic E-state index is 6.13. The van der Waals surface area contributed by atoms with Crippen molar-refractivity contribution in [1.82, 2.24) is 4.57 Å². The second-order valence-electron chi connectivity index (χ2n) is 5.10. The molecule has 0 saturated heterocycles. The molecule has 3 atom stereocenters. The Hall–Kier alpha value is -0.760. The third-order valence-corrected chi connectivity index (χ3v) is 4.15. The van der Waals surface area contributed by atoms with E-state index in [1.165, 1.54) is 43.4 Å². The highest BCUT2D eigenvalue weighted by Gasteiger charge is 2.38. The summed E-state index contributed by atoms with van der Waals surface area (Å²) in [5.41, 5.74) is 9.09. The van der Waals surface area contributed by atoms with Crippen LogP contribution in [0.4, 0.5) is 0 Å². The zero-order valence-corrected chi connectivity index (χ0v) is 9.45. The van der Waals surface area contributed by atoms with E-state index in [-0.39, 0.29) is 0 Å². The van der Waals surface area contributed by atoms with Gasteiger partial charge in [0.05, 0.1) is 0 Å². The summed E-state index contributed by atoms with van der Waals surface area (Å²) < 4.78 is 2.52. The van der Waals surface area contributed by atoms with Crippen molar-refractivity contribution in [3.05, 3.63) is 23.5 Å². The second kappa shape index (κ2) is 3.38. The average Bonchev–Trinajstić information content (AvgIpc) is 2.90. The Morgan fingerprint density at radius 3 is 3.13 bits per heavy atom. The fraction of sp³-hybridized carbons (Fsp3) is 0.692. The van der Waals surface area contributed by atoms with E-state index in [9.17, 15) is 0 Å². The Bertz CT molecular complexity index is 367. The van der Waals surface area contributed by atoms with Crippen molar-refractivity contribution in [3.8, 4) is 0 Å². The van der Waals surface area contributed by atoms with E-state index in [1.54, 1.807) is 0 Å². The molecule has 2 aliphatic carbocycles. The van der Waals surface area contributed by atoms with Gasteiger partial charge in [-0.25, -0.2) is 0 Å². The van der Waals surface area contributed by atoms with Gasteiger partial charge in [0.2, 0.25) is 0 Å². The van der Waals surface area contributed by atoms with E-state index >= 15 is 0 Å². The zero-order chi connectivity index (χ0) is 10.4. The van der Waals surface area contributed by atoms with Crippen LogP contribution in [0.2, 0.25) is 0 Å². The van der Waals surface area contributed by atoms with Crippen LogP contribution in [0.1, 0.15) is 55.9 Å². The van der Waals surface area contributed by atoms with Gasteiger partial charge in [-0.15, -0.1) is 0 Å². The molecule has 2 N–H and O–H groups in total. The van der Waals surface area contributed by atoms with Gasteiger partial charge in [-0.1, -0.05) is 13.3 Å². The van der Waals surface area contributed by atoms with Crippen molar-refractivity contribution in [3.63, 3.8) is 0 Å². The largest absolute Gasteiger partial charge is 0.348 e. The Morgan fingerprint density at radius 1 is 1.53 bits per heavy atom. The highest BCUT2D eigenvalue weighted by atomic mass is 15.1. The summed E-state index contributed by atoms with van der Waals surface area (Å²) in [6.07, 6.45) is 8.65. The van der Waals surface area contributed by atoms with Gasteiger partial charge in [0.25, 0.3) is 0 Å². The lowest BCUT2D eigenvalue weighted by molar-refractivity contribution is 0.531. The Morgan fingerprint density at radius 2 is 2.40 bits per heavy atom. The fourth-order valence-electron chi connectivity index (χ4n) is 3.07. The molecule has 82 valence electrons. The van der Waals surface area contributed by atoms with Crippen molar-refractivity contribution in [1.29, 1.82) is 0 Å². The van der Waals surface area contributed by atoms with Crippen molar-refractivity contribution in [2.75, 3.05) is 0 Å². The van der Waals surface area contributed by atoms with Gasteiger partial charge in [-0.3, -0.25) is 0 Å². The number of rotatable bonds is 2. The van der Waals surface area contributed by atoms with E-state index in [2.05, 4.69) is 23.8 Å². The second-order valence-corrected chi connectivity index (χ2v) is 5.10. The molecule has 0 amide bonds. The van der Waals surface area contributed by atoms with Crippen LogP contribution in [-0.4, -0.2) is 4.57 Å². The highest BCUT2D eigenvalue weighted by Crippen LogP contribution is 2.47. The molecule has 0 spiro atoms. The van der Waals surface area contributed by atoms with E-state index in [1.807, 2.05) is 0 Å². The van der Waals surface area contributed by atoms with Gasteiger partial charge in [-0.2, -0.15) is 0 Å². The summed E-state index contributed by atoms with van der Waals surface area (Å²) in [5.74, 6) is 0.930. The van der Waals surface area contributed by atoms with Gasteiger partial charge >= 0.3 is 0 Å². The third kappa shape index (κ3) is 1.43. The molecular weight excluding hydrogens is 184 g/mol. The predicted octanol–water partition coefficient (Wildman–Crippen LogP) is 2.80. The Kier molecular flexibility index (Phi) is 2.13. The first kappa shape index (κ1) is 9.46. The smallest absolute Gasteiger partial charge is 0.0365 e. The molecule has 3 unspecified atom stereocenters. The fourth-order valence-corrected chi connectivity index (χ4v) is 3.07. The zero-order valence-electron chi connectivity index (χ0n) is 9.45. The number of nitrogens with zero attached hydrogens (tertiary/aromatic N) is 1. The monoisotopic (exact) mass is 204 g/mol. The molecule has 0 radical (unpaired) electrons. The van der Waals surface area contributed by atoms with Crippen LogP contribution in [0.3, 0.4) is 0 Å². The molecule has 2 heteroatoms. The lowest BCUT2D eigenvalue weighted by Gasteiger charge is -2.21. The molecule has 1 aromatic heterocycles. The van der Waals surface area contributed by atoms with Crippen LogP contribution >= 0.6 is 0 Å². The van der Waals surface area contributed by atoms with Crippen molar-refractivity contribution < 1.29 is 0 Å². The maximum absolute atomic E-state index is 6.13. The number of nitrogens with two attached hydrogens (primary N) is 1. The number of hydrogen-bond acceptors (Lipinski definition) is 1. The topological polar surface area (TPSA) is 30.9 Å². The number of aromatic nitrogens is 1. The molecular formula is C13H20N2. The first-order valence-electron chi connectivity index (χ1n) is 6.26. The van der Waals surface area contributed by atoms with E-state index < -0.39 is 0 Å². The average molecular weight is 204 g/mol. The summed E-state index contributed by atoms with van der Waals surface area (Å²) in [5, 5.41) is 0. The van der Waals surface area contributed by atoms with Gasteiger partial charge in [-0.05, 0) is 43.2 Å². The summed E-state index contributed by atoms with van der Waals surface area (Å²) in [4.78, 5) is 0. The van der Waals surface area contributed by atoms with Crippen LogP contribution in [-0.2, 0) is 6.42 Å². The SMILES string of the molecule is CCC1CC1n1ccc2c1CCCC2N. The highest BCUT2D eigenvalue weighted by molar-refractivity contribution is 5.29. The molecule has 0 aliphatic heterocycles. The number of hydrogen-bond donors (Lipinski definition) is 1. The van der Waals surface area contributed by atoms with Gasteiger partial charge in [0, 0.05) is 24.0 Å². The minimum atomic E-state index is 0.300. The minimum absolute atomic E-state index is 0.300. The molecule has 1 heterocycles. The molecule has 0 bridgehead atoms. The van der Waals surface area contributed by atoms with E-state index in [0.29, 0.717) is 6.04 Å². The van der Waals surface area contributed by atoms with Gasteiger partial charge in [0.1, 0.15) is 0 Å². The predicted molar refractivity (Wildman–Crippen MR) is 61.7 cm³/mol. The van der Waals surface area contributed by atoms with Crippen molar-refractivity contribution in [2.24, 2.45) is 11.7 Å². The molecule has 2 aliphatic rings. The third-order valence-electron chi connectivity index (χ3n) is 4.15.